The number of benzene rings is 2. The maximum atomic E-state index is 12.0. The molecule has 1 heterocycles. The number of hydrogen-bond donors (Lipinski definition) is 1. The van der Waals surface area contributed by atoms with Crippen molar-refractivity contribution in [3.8, 4) is 11.8 Å². The number of fused-ring (bicyclic) bond motifs is 3. The third-order valence-electron chi connectivity index (χ3n) is 3.18. The highest BCUT2D eigenvalue weighted by Gasteiger charge is 2.07. The molecule has 0 bridgehead atoms. The molecule has 3 aromatic rings. The van der Waals surface area contributed by atoms with E-state index in [1.807, 2.05) is 31.2 Å². The minimum Gasteiger partial charge on any atom is -0.422 e. The summed E-state index contributed by atoms with van der Waals surface area (Å²) in [4.78, 5) is 12.0. The average molecular weight is 264 g/mol. The number of aliphatic hydroxyl groups excluding tert-OH is 1. The van der Waals surface area contributed by atoms with Gasteiger partial charge in [-0.15, -0.1) is 0 Å². The van der Waals surface area contributed by atoms with Gasteiger partial charge in [0.2, 0.25) is 0 Å². The third-order valence-corrected chi connectivity index (χ3v) is 3.18. The standard InChI is InChI=1S/C17H12O3/c1-11-4-6-13-15-10-12(3-2-8-18)5-7-14(15)17(19)20-16(13)9-11/h4-7,9-10,18H,8H2,1H3. The molecule has 0 aliphatic rings. The normalized spacial score (nSPS) is 10.5. The van der Waals surface area contributed by atoms with E-state index in [-0.39, 0.29) is 12.2 Å². The molecule has 0 fully saturated rings. The van der Waals surface area contributed by atoms with Crippen molar-refractivity contribution in [2.45, 2.75) is 6.92 Å². The van der Waals surface area contributed by atoms with E-state index in [1.165, 1.54) is 0 Å². The number of hydrogen-bond acceptors (Lipinski definition) is 3. The second-order valence-electron chi connectivity index (χ2n) is 4.61. The van der Waals surface area contributed by atoms with Crippen molar-refractivity contribution in [3.05, 3.63) is 57.9 Å². The Balaban J connectivity index is 2.41. The predicted octanol–water partition coefficient (Wildman–Crippen LogP) is 2.60. The summed E-state index contributed by atoms with van der Waals surface area (Å²) in [7, 11) is 0. The van der Waals surface area contributed by atoms with Gasteiger partial charge in [0.1, 0.15) is 12.2 Å². The van der Waals surface area contributed by atoms with Gasteiger partial charge in [0.25, 0.3) is 0 Å². The van der Waals surface area contributed by atoms with Gasteiger partial charge in [-0.1, -0.05) is 24.0 Å². The SMILES string of the molecule is Cc1ccc2c(c1)oc(=O)c1ccc(C#CCO)cc12. The van der Waals surface area contributed by atoms with E-state index < -0.39 is 0 Å². The van der Waals surface area contributed by atoms with Gasteiger partial charge in [0.15, 0.2) is 0 Å². The lowest BCUT2D eigenvalue weighted by Crippen LogP contribution is -2.00. The molecule has 2 aromatic carbocycles. The topological polar surface area (TPSA) is 50.4 Å². The van der Waals surface area contributed by atoms with Crippen LogP contribution in [0.5, 0.6) is 0 Å². The zero-order valence-electron chi connectivity index (χ0n) is 10.9. The van der Waals surface area contributed by atoms with E-state index >= 15 is 0 Å². The Hall–Kier alpha value is -2.57. The molecular formula is C17H12O3. The molecule has 0 saturated heterocycles. The van der Waals surface area contributed by atoms with Gasteiger partial charge in [-0.2, -0.15) is 0 Å². The molecule has 0 aliphatic carbocycles. The van der Waals surface area contributed by atoms with Crippen LogP contribution in [0.15, 0.2) is 45.6 Å². The van der Waals surface area contributed by atoms with Crippen molar-refractivity contribution in [1.29, 1.82) is 0 Å². The molecule has 3 rings (SSSR count). The summed E-state index contributed by atoms with van der Waals surface area (Å²) in [5.74, 6) is 5.45. The van der Waals surface area contributed by atoms with Crippen LogP contribution in [0.1, 0.15) is 11.1 Å². The molecule has 3 heteroatoms. The first-order valence-electron chi connectivity index (χ1n) is 6.26. The molecule has 1 aromatic heterocycles. The molecule has 1 N–H and O–H groups in total. The van der Waals surface area contributed by atoms with E-state index in [0.29, 0.717) is 11.0 Å². The lowest BCUT2D eigenvalue weighted by Gasteiger charge is -2.03. The van der Waals surface area contributed by atoms with Crippen LogP contribution in [0.2, 0.25) is 0 Å². The summed E-state index contributed by atoms with van der Waals surface area (Å²) in [6.45, 7) is 1.77. The Kier molecular flexibility index (Phi) is 3.02. The van der Waals surface area contributed by atoms with E-state index in [0.717, 1.165) is 21.9 Å². The number of aryl methyl sites for hydroxylation is 1. The van der Waals surface area contributed by atoms with Crippen molar-refractivity contribution in [2.24, 2.45) is 0 Å². The zero-order chi connectivity index (χ0) is 14.1. The fourth-order valence-electron chi connectivity index (χ4n) is 2.26. The van der Waals surface area contributed by atoms with Gasteiger partial charge in [-0.25, -0.2) is 4.79 Å². The van der Waals surface area contributed by atoms with E-state index in [1.54, 1.807) is 12.1 Å². The van der Waals surface area contributed by atoms with E-state index in [9.17, 15) is 4.79 Å². The summed E-state index contributed by atoms with van der Waals surface area (Å²) in [5, 5.41) is 11.0. The van der Waals surface area contributed by atoms with Crippen LogP contribution in [0, 0.1) is 18.8 Å². The molecule has 20 heavy (non-hydrogen) atoms. The van der Waals surface area contributed by atoms with Crippen LogP contribution in [-0.4, -0.2) is 11.7 Å². The maximum Gasteiger partial charge on any atom is 0.344 e. The highest BCUT2D eigenvalue weighted by atomic mass is 16.4. The second kappa shape index (κ2) is 4.84. The van der Waals surface area contributed by atoms with E-state index in [2.05, 4.69) is 11.8 Å². The summed E-state index contributed by atoms with van der Waals surface area (Å²) in [5.41, 5.74) is 2.03. The molecular weight excluding hydrogens is 252 g/mol. The van der Waals surface area contributed by atoms with Crippen LogP contribution in [0.25, 0.3) is 21.7 Å². The van der Waals surface area contributed by atoms with Crippen molar-refractivity contribution < 1.29 is 9.52 Å². The summed E-state index contributed by atoms with van der Waals surface area (Å²) < 4.78 is 5.35. The largest absolute Gasteiger partial charge is 0.422 e. The van der Waals surface area contributed by atoms with Gasteiger partial charge in [0.05, 0.1) is 5.39 Å². The molecule has 0 saturated carbocycles. The van der Waals surface area contributed by atoms with Gasteiger partial charge in [-0.05, 0) is 36.8 Å². The average Bonchev–Trinajstić information content (AvgIpc) is 2.44. The molecule has 0 amide bonds. The minimum absolute atomic E-state index is 0.186. The number of aliphatic hydroxyl groups is 1. The fourth-order valence-corrected chi connectivity index (χ4v) is 2.26. The smallest absolute Gasteiger partial charge is 0.344 e. The molecule has 98 valence electrons. The predicted molar refractivity (Wildman–Crippen MR) is 78.7 cm³/mol. The lowest BCUT2D eigenvalue weighted by molar-refractivity contribution is 0.350. The number of rotatable bonds is 0. The Morgan fingerprint density at radius 1 is 1.10 bits per heavy atom. The molecule has 0 atom stereocenters. The van der Waals surface area contributed by atoms with Crippen LogP contribution in [0.4, 0.5) is 0 Å². The summed E-state index contributed by atoms with van der Waals surface area (Å²) in [6, 6.07) is 11.1. The first-order valence-corrected chi connectivity index (χ1v) is 6.26. The van der Waals surface area contributed by atoms with Gasteiger partial charge in [0, 0.05) is 16.3 Å². The Bertz CT molecular complexity index is 924. The molecule has 0 unspecified atom stereocenters. The highest BCUT2D eigenvalue weighted by molar-refractivity contribution is 6.04. The molecule has 0 spiro atoms. The second-order valence-corrected chi connectivity index (χ2v) is 4.61. The molecule has 0 radical (unpaired) electrons. The van der Waals surface area contributed by atoms with Crippen molar-refractivity contribution in [3.63, 3.8) is 0 Å². The Morgan fingerprint density at radius 2 is 1.90 bits per heavy atom. The van der Waals surface area contributed by atoms with Crippen molar-refractivity contribution in [2.75, 3.05) is 6.61 Å². The van der Waals surface area contributed by atoms with Crippen LogP contribution in [0.3, 0.4) is 0 Å². The zero-order valence-corrected chi connectivity index (χ0v) is 10.9. The maximum absolute atomic E-state index is 12.0. The van der Waals surface area contributed by atoms with Crippen LogP contribution < -0.4 is 5.63 Å². The van der Waals surface area contributed by atoms with Gasteiger partial charge >= 0.3 is 5.63 Å². The minimum atomic E-state index is -0.347. The first-order chi connectivity index (χ1) is 9.69. The van der Waals surface area contributed by atoms with Crippen molar-refractivity contribution in [1.82, 2.24) is 0 Å². The monoisotopic (exact) mass is 264 g/mol. The fraction of sp³-hybridized carbons (Fsp3) is 0.118. The molecule has 0 aliphatic heterocycles. The Labute approximate surface area is 115 Å². The van der Waals surface area contributed by atoms with Crippen LogP contribution in [-0.2, 0) is 0 Å². The van der Waals surface area contributed by atoms with E-state index in [4.69, 9.17) is 9.52 Å². The van der Waals surface area contributed by atoms with Crippen LogP contribution >= 0.6 is 0 Å². The third kappa shape index (κ3) is 2.07. The Morgan fingerprint density at radius 3 is 2.70 bits per heavy atom. The summed E-state index contributed by atoms with van der Waals surface area (Å²) >= 11 is 0. The summed E-state index contributed by atoms with van der Waals surface area (Å²) in [6.07, 6.45) is 0. The lowest BCUT2D eigenvalue weighted by atomic mass is 10.0. The van der Waals surface area contributed by atoms with Gasteiger partial charge in [-0.3, -0.25) is 0 Å². The van der Waals surface area contributed by atoms with Gasteiger partial charge < -0.3 is 9.52 Å². The highest BCUT2D eigenvalue weighted by Crippen LogP contribution is 2.24. The first kappa shape index (κ1) is 12.5. The molecule has 3 nitrogen and oxygen atoms in total. The quantitative estimate of drug-likeness (QED) is 0.386. The van der Waals surface area contributed by atoms with Crippen molar-refractivity contribution >= 4 is 21.7 Å².